The summed E-state index contributed by atoms with van der Waals surface area (Å²) in [6, 6.07) is 1.92. The zero-order chi connectivity index (χ0) is 22.2. The smallest absolute Gasteiger partial charge is 0.289 e. The molecule has 1 N–H and O–H groups in total. The third kappa shape index (κ3) is 4.38. The highest BCUT2D eigenvalue weighted by Crippen LogP contribution is 2.35. The van der Waals surface area contributed by atoms with Gasteiger partial charge < -0.3 is 14.1 Å². The van der Waals surface area contributed by atoms with Crippen molar-refractivity contribution in [1.29, 1.82) is 0 Å². The Hall–Kier alpha value is -1.90. The van der Waals surface area contributed by atoms with Crippen molar-refractivity contribution in [3.8, 4) is 0 Å². The molecule has 0 saturated carbocycles. The fourth-order valence-corrected chi connectivity index (χ4v) is 6.08. The van der Waals surface area contributed by atoms with Crippen molar-refractivity contribution >= 4 is 26.9 Å². The van der Waals surface area contributed by atoms with Gasteiger partial charge in [-0.15, -0.1) is 0 Å². The van der Waals surface area contributed by atoms with Crippen molar-refractivity contribution in [1.82, 2.24) is 9.62 Å². The van der Waals surface area contributed by atoms with E-state index in [2.05, 4.69) is 4.72 Å². The van der Waals surface area contributed by atoms with Crippen LogP contribution < -0.4 is 4.72 Å². The first-order chi connectivity index (χ1) is 14.8. The summed E-state index contributed by atoms with van der Waals surface area (Å²) in [5, 5.41) is 0.679. The first-order valence-electron chi connectivity index (χ1n) is 11.2. The summed E-state index contributed by atoms with van der Waals surface area (Å²) < 4.78 is 40.9. The summed E-state index contributed by atoms with van der Waals surface area (Å²) in [5.74, 6) is 0.0963. The molecule has 4 rings (SSSR count). The van der Waals surface area contributed by atoms with Crippen LogP contribution in [0.2, 0.25) is 0 Å². The van der Waals surface area contributed by atoms with Gasteiger partial charge in [-0.25, -0.2) is 13.1 Å². The van der Waals surface area contributed by atoms with Crippen LogP contribution >= 0.6 is 0 Å². The number of likely N-dealkylation sites (tertiary alicyclic amines) is 1. The normalized spacial score (nSPS) is 20.4. The molecule has 2 aromatic rings. The first-order valence-corrected chi connectivity index (χ1v) is 12.7. The monoisotopic (exact) mass is 448 g/mol. The van der Waals surface area contributed by atoms with Crippen LogP contribution in [-0.2, 0) is 14.8 Å². The number of nitrogens with zero attached hydrogens (tertiary/aromatic N) is 1. The number of aryl methyl sites for hydroxylation is 2. The lowest BCUT2D eigenvalue weighted by Gasteiger charge is -2.19. The van der Waals surface area contributed by atoms with Crippen LogP contribution in [0.15, 0.2) is 15.4 Å². The van der Waals surface area contributed by atoms with E-state index in [1.54, 1.807) is 6.92 Å². The lowest BCUT2D eigenvalue weighted by atomic mass is 10.0. The van der Waals surface area contributed by atoms with Crippen molar-refractivity contribution < 1.29 is 22.4 Å². The van der Waals surface area contributed by atoms with Gasteiger partial charge in [-0.05, 0) is 63.6 Å². The quantitative estimate of drug-likeness (QED) is 0.751. The van der Waals surface area contributed by atoms with Gasteiger partial charge in [0.15, 0.2) is 11.3 Å². The van der Waals surface area contributed by atoms with Gasteiger partial charge in [-0.1, -0.05) is 12.8 Å². The molecule has 0 bridgehead atoms. The molecule has 1 amide bonds. The number of benzene rings is 1. The number of hydrogen-bond acceptors (Lipinski definition) is 5. The van der Waals surface area contributed by atoms with E-state index in [-0.39, 0.29) is 34.8 Å². The molecule has 2 saturated heterocycles. The highest BCUT2D eigenvalue weighted by atomic mass is 32.2. The largest absolute Gasteiger partial charge is 0.449 e. The van der Waals surface area contributed by atoms with Gasteiger partial charge in [0.1, 0.15) is 4.90 Å². The summed E-state index contributed by atoms with van der Waals surface area (Å²) in [6.07, 6.45) is 5.90. The second kappa shape index (κ2) is 8.92. The van der Waals surface area contributed by atoms with Crippen molar-refractivity contribution in [2.45, 2.75) is 70.3 Å². The van der Waals surface area contributed by atoms with Crippen molar-refractivity contribution in [3.63, 3.8) is 0 Å². The molecule has 1 aromatic heterocycles. The maximum absolute atomic E-state index is 13.3. The molecule has 0 aliphatic carbocycles. The van der Waals surface area contributed by atoms with Crippen LogP contribution in [0.1, 0.15) is 65.8 Å². The maximum Gasteiger partial charge on any atom is 0.289 e. The second-order valence-electron chi connectivity index (χ2n) is 8.77. The summed E-state index contributed by atoms with van der Waals surface area (Å²) in [7, 11) is -3.84. The fraction of sp³-hybridized carbons (Fsp3) is 0.609. The Labute approximate surface area is 184 Å². The number of rotatable bonds is 5. The minimum Gasteiger partial charge on any atom is -0.449 e. The second-order valence-corrected chi connectivity index (χ2v) is 10.5. The Bertz CT molecular complexity index is 1080. The van der Waals surface area contributed by atoms with Gasteiger partial charge in [0.05, 0.1) is 6.10 Å². The van der Waals surface area contributed by atoms with Crippen LogP contribution in [0, 0.1) is 20.8 Å². The van der Waals surface area contributed by atoms with E-state index in [0.29, 0.717) is 36.2 Å². The zero-order valence-electron chi connectivity index (χ0n) is 18.6. The van der Waals surface area contributed by atoms with Gasteiger partial charge in [-0.3, -0.25) is 4.79 Å². The Morgan fingerprint density at radius 1 is 1.10 bits per heavy atom. The maximum atomic E-state index is 13.3. The fourth-order valence-electron chi connectivity index (χ4n) is 4.57. The molecule has 1 atom stereocenters. The molecule has 1 unspecified atom stereocenters. The molecule has 31 heavy (non-hydrogen) atoms. The standard InChI is InChI=1S/C23H32N2O5S/c1-15-13-19-17(3)20(23(26)25-10-6-4-5-7-11-25)30-21(19)22(16(15)2)31(27,28)24-14-18-9-8-12-29-18/h13,18,24H,4-12,14H2,1-3H3. The van der Waals surface area contributed by atoms with Gasteiger partial charge in [-0.2, -0.15) is 0 Å². The molecule has 3 heterocycles. The summed E-state index contributed by atoms with van der Waals surface area (Å²) in [5.41, 5.74) is 2.44. The number of sulfonamides is 1. The predicted octanol–water partition coefficient (Wildman–Crippen LogP) is 3.83. The Morgan fingerprint density at radius 3 is 2.45 bits per heavy atom. The van der Waals surface area contributed by atoms with Crippen molar-refractivity contribution in [2.24, 2.45) is 0 Å². The number of carbonyl (C=O) groups excluding carboxylic acids is 1. The lowest BCUT2D eigenvalue weighted by molar-refractivity contribution is 0.0731. The van der Waals surface area contributed by atoms with Crippen LogP contribution in [0.3, 0.4) is 0 Å². The van der Waals surface area contributed by atoms with Crippen molar-refractivity contribution in [3.05, 3.63) is 28.5 Å². The molecule has 8 heteroatoms. The number of furan rings is 1. The van der Waals surface area contributed by atoms with E-state index < -0.39 is 10.0 Å². The van der Waals surface area contributed by atoms with E-state index >= 15 is 0 Å². The van der Waals surface area contributed by atoms with Gasteiger partial charge in [0, 0.05) is 37.2 Å². The lowest BCUT2D eigenvalue weighted by Crippen LogP contribution is -2.32. The van der Waals surface area contributed by atoms with Crippen LogP contribution in [0.4, 0.5) is 0 Å². The van der Waals surface area contributed by atoms with Crippen molar-refractivity contribution in [2.75, 3.05) is 26.2 Å². The van der Waals surface area contributed by atoms with E-state index in [4.69, 9.17) is 9.15 Å². The average Bonchev–Trinajstić information content (AvgIpc) is 3.26. The van der Waals surface area contributed by atoms with E-state index in [1.165, 1.54) is 0 Å². The number of hydrogen-bond donors (Lipinski definition) is 1. The van der Waals surface area contributed by atoms with Gasteiger partial charge in [0.2, 0.25) is 10.0 Å². The molecule has 2 fully saturated rings. The Kier molecular flexibility index (Phi) is 6.42. The average molecular weight is 449 g/mol. The van der Waals surface area contributed by atoms with Gasteiger partial charge >= 0.3 is 0 Å². The third-order valence-electron chi connectivity index (χ3n) is 6.57. The van der Waals surface area contributed by atoms with E-state index in [0.717, 1.165) is 44.1 Å². The van der Waals surface area contributed by atoms with E-state index in [1.807, 2.05) is 24.8 Å². The molecule has 0 radical (unpaired) electrons. The van der Waals surface area contributed by atoms with Crippen LogP contribution in [-0.4, -0.2) is 51.6 Å². The van der Waals surface area contributed by atoms with Crippen LogP contribution in [0.25, 0.3) is 11.0 Å². The number of nitrogens with one attached hydrogen (secondary N) is 1. The zero-order valence-corrected chi connectivity index (χ0v) is 19.4. The molecule has 2 aliphatic rings. The number of fused-ring (bicyclic) bond motifs is 1. The molecular weight excluding hydrogens is 416 g/mol. The Morgan fingerprint density at radius 2 is 1.81 bits per heavy atom. The number of carbonyl (C=O) groups is 1. The first kappa shape index (κ1) is 22.3. The number of ether oxygens (including phenoxy) is 1. The molecule has 170 valence electrons. The predicted molar refractivity (Wildman–Crippen MR) is 119 cm³/mol. The Balaban J connectivity index is 1.74. The summed E-state index contributed by atoms with van der Waals surface area (Å²) in [4.78, 5) is 15.2. The third-order valence-corrected chi connectivity index (χ3v) is 8.15. The number of amides is 1. The minimum absolute atomic E-state index is 0.103. The SMILES string of the molecule is Cc1cc2c(C)c(C(=O)N3CCCCCC3)oc2c(S(=O)(=O)NCC2CCCO2)c1C. The highest BCUT2D eigenvalue weighted by molar-refractivity contribution is 7.89. The summed E-state index contributed by atoms with van der Waals surface area (Å²) in [6.45, 7) is 7.82. The van der Waals surface area contributed by atoms with E-state index in [9.17, 15) is 13.2 Å². The molecule has 2 aliphatic heterocycles. The minimum atomic E-state index is -3.84. The van der Waals surface area contributed by atoms with Crippen LogP contribution in [0.5, 0.6) is 0 Å². The topological polar surface area (TPSA) is 88.9 Å². The highest BCUT2D eigenvalue weighted by Gasteiger charge is 2.30. The molecule has 1 aromatic carbocycles. The van der Waals surface area contributed by atoms with Gasteiger partial charge in [0.25, 0.3) is 5.91 Å². The molecule has 7 nitrogen and oxygen atoms in total. The summed E-state index contributed by atoms with van der Waals surface area (Å²) >= 11 is 0. The molecule has 0 spiro atoms. The molecular formula is C23H32N2O5S.